The Morgan fingerprint density at radius 1 is 1.29 bits per heavy atom. The first-order chi connectivity index (χ1) is 8.17. The van der Waals surface area contributed by atoms with Crippen molar-refractivity contribution in [2.75, 3.05) is 0 Å². The third kappa shape index (κ3) is 3.34. The van der Waals surface area contributed by atoms with Crippen molar-refractivity contribution in [2.45, 2.75) is 45.7 Å². The molecule has 1 aliphatic carbocycles. The molecule has 0 amide bonds. The molecule has 1 N–H and O–H groups in total. The highest BCUT2D eigenvalue weighted by Gasteiger charge is 2.23. The summed E-state index contributed by atoms with van der Waals surface area (Å²) in [7, 11) is 0. The second kappa shape index (κ2) is 5.37. The quantitative estimate of drug-likeness (QED) is 0.871. The van der Waals surface area contributed by atoms with Crippen LogP contribution in [0.2, 0.25) is 0 Å². The average molecular weight is 232 g/mol. The molecular formula is C14H20N2O. The number of hydrogen-bond acceptors (Lipinski definition) is 3. The third-order valence-electron chi connectivity index (χ3n) is 3.52. The van der Waals surface area contributed by atoms with Crippen LogP contribution in [0.25, 0.3) is 0 Å². The number of nitrogens with zero attached hydrogens (tertiary/aromatic N) is 1. The molecule has 0 bridgehead atoms. The van der Waals surface area contributed by atoms with Crippen LogP contribution in [-0.4, -0.2) is 6.04 Å². The number of nitrogens with one attached hydrogen (secondary N) is 1. The first kappa shape index (κ1) is 12.2. The summed E-state index contributed by atoms with van der Waals surface area (Å²) in [6, 6.07) is 6.19. The molecule has 2 atom stereocenters. The predicted molar refractivity (Wildman–Crippen MR) is 66.2 cm³/mol. The highest BCUT2D eigenvalue weighted by molar-refractivity contribution is 5.18. The molecule has 0 aliphatic heterocycles. The van der Waals surface area contributed by atoms with Gasteiger partial charge < -0.3 is 9.73 Å². The van der Waals surface area contributed by atoms with Gasteiger partial charge in [0.1, 0.15) is 11.8 Å². The smallest absolute Gasteiger partial charge is 0.203 e. The van der Waals surface area contributed by atoms with Crippen LogP contribution in [-0.2, 0) is 6.54 Å². The van der Waals surface area contributed by atoms with Crippen molar-refractivity contribution in [3.05, 3.63) is 23.7 Å². The lowest BCUT2D eigenvalue weighted by Crippen LogP contribution is -2.35. The van der Waals surface area contributed by atoms with Gasteiger partial charge in [-0.05, 0) is 43.2 Å². The molecule has 1 saturated carbocycles. The minimum absolute atomic E-state index is 0.396. The van der Waals surface area contributed by atoms with Gasteiger partial charge >= 0.3 is 0 Å². The van der Waals surface area contributed by atoms with E-state index in [-0.39, 0.29) is 0 Å². The Morgan fingerprint density at radius 3 is 2.59 bits per heavy atom. The molecule has 92 valence electrons. The predicted octanol–water partition coefficient (Wildman–Crippen LogP) is 3.07. The summed E-state index contributed by atoms with van der Waals surface area (Å²) in [6.45, 7) is 5.38. The van der Waals surface area contributed by atoms with Crippen molar-refractivity contribution in [3.8, 4) is 6.07 Å². The number of hydrogen-bond donors (Lipinski definition) is 1. The molecule has 2 unspecified atom stereocenters. The van der Waals surface area contributed by atoms with Crippen molar-refractivity contribution in [2.24, 2.45) is 11.8 Å². The summed E-state index contributed by atoms with van der Waals surface area (Å²) in [4.78, 5) is 0. The second-order valence-electron chi connectivity index (χ2n) is 5.37. The van der Waals surface area contributed by atoms with Crippen LogP contribution in [0.3, 0.4) is 0 Å². The van der Waals surface area contributed by atoms with E-state index in [1.807, 2.05) is 12.1 Å². The summed E-state index contributed by atoms with van der Waals surface area (Å²) in [5.41, 5.74) is 0. The Hall–Kier alpha value is -1.27. The zero-order valence-corrected chi connectivity index (χ0v) is 10.6. The van der Waals surface area contributed by atoms with Crippen molar-refractivity contribution in [1.29, 1.82) is 5.26 Å². The SMILES string of the molecule is CC1CC(C)CC(NCc2ccc(C#N)o2)C1. The number of furan rings is 1. The topological polar surface area (TPSA) is 49.0 Å². The van der Waals surface area contributed by atoms with Gasteiger partial charge in [-0.3, -0.25) is 0 Å². The van der Waals surface area contributed by atoms with Gasteiger partial charge in [0.2, 0.25) is 5.76 Å². The zero-order chi connectivity index (χ0) is 12.3. The van der Waals surface area contributed by atoms with Gasteiger partial charge in [-0.15, -0.1) is 0 Å². The van der Waals surface area contributed by atoms with E-state index in [0.717, 1.165) is 24.1 Å². The standard InChI is InChI=1S/C14H20N2O/c1-10-5-11(2)7-12(6-10)16-9-14-4-3-13(8-15)17-14/h3-4,10-12,16H,5-7,9H2,1-2H3. The van der Waals surface area contributed by atoms with E-state index < -0.39 is 0 Å². The fraction of sp³-hybridized carbons (Fsp3) is 0.643. The van der Waals surface area contributed by atoms with E-state index in [4.69, 9.17) is 9.68 Å². The monoisotopic (exact) mass is 232 g/mol. The number of nitriles is 1. The Bertz CT molecular complexity index is 395. The van der Waals surface area contributed by atoms with Crippen molar-refractivity contribution in [1.82, 2.24) is 5.32 Å². The van der Waals surface area contributed by atoms with E-state index in [1.165, 1.54) is 19.3 Å². The Kier molecular flexibility index (Phi) is 3.86. The summed E-state index contributed by atoms with van der Waals surface area (Å²) in [5, 5.41) is 12.2. The maximum absolute atomic E-state index is 8.67. The molecule has 1 fully saturated rings. The van der Waals surface area contributed by atoms with Gasteiger partial charge in [-0.1, -0.05) is 13.8 Å². The van der Waals surface area contributed by atoms with Crippen molar-refractivity contribution < 1.29 is 4.42 Å². The Morgan fingerprint density at radius 2 is 2.00 bits per heavy atom. The van der Waals surface area contributed by atoms with E-state index in [0.29, 0.717) is 11.8 Å². The van der Waals surface area contributed by atoms with Crippen LogP contribution < -0.4 is 5.32 Å². The average Bonchev–Trinajstić information content (AvgIpc) is 2.73. The second-order valence-corrected chi connectivity index (χ2v) is 5.37. The fourth-order valence-corrected chi connectivity index (χ4v) is 2.89. The summed E-state index contributed by atoms with van der Waals surface area (Å²) >= 11 is 0. The van der Waals surface area contributed by atoms with Crippen molar-refractivity contribution in [3.63, 3.8) is 0 Å². The van der Waals surface area contributed by atoms with Gasteiger partial charge in [-0.2, -0.15) is 5.26 Å². The number of rotatable bonds is 3. The highest BCUT2D eigenvalue weighted by atomic mass is 16.3. The van der Waals surface area contributed by atoms with Crippen LogP contribution in [0.1, 0.15) is 44.6 Å². The van der Waals surface area contributed by atoms with Crippen LogP contribution in [0.15, 0.2) is 16.5 Å². The van der Waals surface area contributed by atoms with Crippen LogP contribution in [0, 0.1) is 23.2 Å². The van der Waals surface area contributed by atoms with Gasteiger partial charge in [0.05, 0.1) is 6.54 Å². The molecule has 0 saturated heterocycles. The summed E-state index contributed by atoms with van der Waals surface area (Å²) in [6.07, 6.45) is 3.84. The van der Waals surface area contributed by atoms with Gasteiger partial charge in [0.15, 0.2) is 0 Å². The molecule has 1 heterocycles. The molecule has 0 aromatic carbocycles. The molecule has 0 radical (unpaired) electrons. The van der Waals surface area contributed by atoms with E-state index >= 15 is 0 Å². The Labute approximate surface area is 103 Å². The molecule has 17 heavy (non-hydrogen) atoms. The summed E-state index contributed by atoms with van der Waals surface area (Å²) in [5.74, 6) is 2.87. The molecule has 1 aromatic heterocycles. The van der Waals surface area contributed by atoms with E-state index in [9.17, 15) is 0 Å². The zero-order valence-electron chi connectivity index (χ0n) is 10.6. The minimum atomic E-state index is 0.396. The minimum Gasteiger partial charge on any atom is -0.449 e. The Balaban J connectivity index is 1.83. The molecule has 3 nitrogen and oxygen atoms in total. The maximum atomic E-state index is 8.67. The normalized spacial score (nSPS) is 28.9. The lowest BCUT2D eigenvalue weighted by atomic mass is 9.80. The van der Waals surface area contributed by atoms with Crippen molar-refractivity contribution >= 4 is 0 Å². The molecule has 1 aromatic rings. The van der Waals surface area contributed by atoms with Crippen LogP contribution in [0.5, 0.6) is 0 Å². The first-order valence-corrected chi connectivity index (χ1v) is 6.39. The lowest BCUT2D eigenvalue weighted by molar-refractivity contribution is 0.234. The molecule has 0 spiro atoms. The third-order valence-corrected chi connectivity index (χ3v) is 3.52. The first-order valence-electron chi connectivity index (χ1n) is 6.39. The van der Waals surface area contributed by atoms with Gasteiger partial charge in [0, 0.05) is 6.04 Å². The molecule has 1 aliphatic rings. The largest absolute Gasteiger partial charge is 0.449 e. The highest BCUT2D eigenvalue weighted by Crippen LogP contribution is 2.28. The maximum Gasteiger partial charge on any atom is 0.203 e. The van der Waals surface area contributed by atoms with Gasteiger partial charge in [-0.25, -0.2) is 0 Å². The fourth-order valence-electron chi connectivity index (χ4n) is 2.89. The van der Waals surface area contributed by atoms with Crippen LogP contribution in [0.4, 0.5) is 0 Å². The summed E-state index contributed by atoms with van der Waals surface area (Å²) < 4.78 is 5.35. The molecule has 3 heteroatoms. The molecule has 2 rings (SSSR count). The van der Waals surface area contributed by atoms with E-state index in [2.05, 4.69) is 19.2 Å². The van der Waals surface area contributed by atoms with Gasteiger partial charge in [0.25, 0.3) is 0 Å². The lowest BCUT2D eigenvalue weighted by Gasteiger charge is -2.31. The van der Waals surface area contributed by atoms with Crippen LogP contribution >= 0.6 is 0 Å². The van der Waals surface area contributed by atoms with E-state index in [1.54, 1.807) is 6.07 Å². The molecular weight excluding hydrogens is 212 g/mol.